The number of halogens is 2. The van der Waals surface area contributed by atoms with E-state index in [4.69, 9.17) is 0 Å². The van der Waals surface area contributed by atoms with Gasteiger partial charge in [-0.2, -0.15) is 8.78 Å². The van der Waals surface area contributed by atoms with Crippen molar-refractivity contribution in [1.29, 1.82) is 0 Å². The average Bonchev–Trinajstić information content (AvgIpc) is 2.77. The number of para-hydroxylation sites is 1. The third-order valence-corrected chi connectivity index (χ3v) is 6.47. The molecule has 1 atom stereocenters. The Morgan fingerprint density at radius 1 is 1.04 bits per heavy atom. The molecule has 7 heteroatoms. The summed E-state index contributed by atoms with van der Waals surface area (Å²) in [4.78, 5) is 13.5. The van der Waals surface area contributed by atoms with E-state index < -0.39 is 37.7 Å². The van der Waals surface area contributed by atoms with Crippen LogP contribution in [0.4, 0.5) is 14.5 Å². The molecule has 1 unspecified atom stereocenters. The van der Waals surface area contributed by atoms with Gasteiger partial charge in [-0.15, -0.1) is 0 Å². The van der Waals surface area contributed by atoms with Crippen LogP contribution in [0.15, 0.2) is 59.5 Å². The molecule has 1 aliphatic heterocycles. The largest absolute Gasteiger partial charge is 0.351 e. The fraction of sp³-hybridized carbons (Fsp3) is 0.278. The van der Waals surface area contributed by atoms with Crippen LogP contribution < -0.4 is 4.90 Å². The molecule has 132 valence electrons. The SMILES string of the molecule is CN1C(=O)C(C)(CC(F)(F)S(=O)(=O)c2ccccc2)c2ccccc21. The number of anilines is 1. The van der Waals surface area contributed by atoms with Gasteiger partial charge < -0.3 is 4.90 Å². The first kappa shape index (κ1) is 17.5. The quantitative estimate of drug-likeness (QED) is 0.835. The normalized spacial score (nSPS) is 20.6. The Morgan fingerprint density at radius 2 is 1.60 bits per heavy atom. The van der Waals surface area contributed by atoms with Gasteiger partial charge in [0.2, 0.25) is 15.7 Å². The number of carbonyl (C=O) groups is 1. The van der Waals surface area contributed by atoms with Crippen LogP contribution in [0.5, 0.6) is 0 Å². The zero-order valence-corrected chi connectivity index (χ0v) is 14.6. The summed E-state index contributed by atoms with van der Waals surface area (Å²) in [6, 6.07) is 13.2. The maximum atomic E-state index is 14.8. The van der Waals surface area contributed by atoms with E-state index in [0.717, 1.165) is 12.1 Å². The first-order chi connectivity index (χ1) is 11.6. The molecule has 2 aromatic carbocycles. The summed E-state index contributed by atoms with van der Waals surface area (Å²) in [6.45, 7) is 1.37. The second-order valence-corrected chi connectivity index (χ2v) is 8.42. The molecule has 0 bridgehead atoms. The van der Waals surface area contributed by atoms with E-state index in [2.05, 4.69) is 0 Å². The van der Waals surface area contributed by atoms with Crippen molar-refractivity contribution in [3.05, 3.63) is 60.2 Å². The molecule has 0 aromatic heterocycles. The third-order valence-electron chi connectivity index (χ3n) is 4.64. The molecular formula is C18H17F2NO3S. The van der Waals surface area contributed by atoms with E-state index in [9.17, 15) is 22.0 Å². The molecule has 0 fully saturated rings. The summed E-state index contributed by atoms with van der Waals surface area (Å²) in [7, 11) is -3.42. The van der Waals surface area contributed by atoms with Crippen LogP contribution >= 0.6 is 0 Å². The highest BCUT2D eigenvalue weighted by molar-refractivity contribution is 7.92. The number of hydrogen-bond acceptors (Lipinski definition) is 3. The lowest BCUT2D eigenvalue weighted by Crippen LogP contribution is -2.43. The number of carbonyl (C=O) groups excluding carboxylic acids is 1. The van der Waals surface area contributed by atoms with Gasteiger partial charge >= 0.3 is 5.25 Å². The summed E-state index contributed by atoms with van der Waals surface area (Å²) in [5, 5.41) is -4.09. The topological polar surface area (TPSA) is 54.5 Å². The van der Waals surface area contributed by atoms with Gasteiger partial charge in [0, 0.05) is 19.2 Å². The third kappa shape index (κ3) is 2.54. The molecule has 1 aliphatic rings. The fourth-order valence-corrected chi connectivity index (χ4v) is 4.62. The highest BCUT2D eigenvalue weighted by Gasteiger charge is 2.57. The Kier molecular flexibility index (Phi) is 3.95. The second-order valence-electron chi connectivity index (χ2n) is 6.34. The molecule has 0 saturated heterocycles. The Bertz CT molecular complexity index is 928. The number of alkyl halides is 2. The van der Waals surface area contributed by atoms with E-state index in [-0.39, 0.29) is 0 Å². The lowest BCUT2D eigenvalue weighted by Gasteiger charge is -2.28. The maximum absolute atomic E-state index is 14.8. The number of benzene rings is 2. The van der Waals surface area contributed by atoms with Crippen molar-refractivity contribution in [3.8, 4) is 0 Å². The van der Waals surface area contributed by atoms with Gasteiger partial charge in [0.05, 0.1) is 10.3 Å². The zero-order chi connectivity index (χ0) is 18.5. The zero-order valence-electron chi connectivity index (χ0n) is 13.7. The number of rotatable bonds is 4. The number of nitrogens with zero attached hydrogens (tertiary/aromatic N) is 1. The second kappa shape index (κ2) is 5.62. The van der Waals surface area contributed by atoms with Crippen LogP contribution in [0.25, 0.3) is 0 Å². The van der Waals surface area contributed by atoms with Crippen LogP contribution in [-0.4, -0.2) is 26.6 Å². The van der Waals surface area contributed by atoms with Gasteiger partial charge in [-0.1, -0.05) is 36.4 Å². The Balaban J connectivity index is 2.05. The number of hydrogen-bond donors (Lipinski definition) is 0. The van der Waals surface area contributed by atoms with E-state index in [1.165, 1.54) is 31.0 Å². The van der Waals surface area contributed by atoms with E-state index >= 15 is 0 Å². The number of fused-ring (bicyclic) bond motifs is 1. The summed E-state index contributed by atoms with van der Waals surface area (Å²) >= 11 is 0. The standard InChI is InChI=1S/C18H17F2NO3S/c1-17(14-10-6-7-11-15(14)21(2)16(17)22)12-18(19,20)25(23,24)13-8-4-3-5-9-13/h3-11H,12H2,1-2H3. The van der Waals surface area contributed by atoms with Gasteiger partial charge in [0.1, 0.15) is 0 Å². The molecule has 1 heterocycles. The van der Waals surface area contributed by atoms with Crippen molar-refractivity contribution in [2.45, 2.75) is 28.9 Å². The van der Waals surface area contributed by atoms with Crippen LogP contribution in [0, 0.1) is 0 Å². The van der Waals surface area contributed by atoms with Gasteiger partial charge in [-0.05, 0) is 30.7 Å². The molecule has 1 amide bonds. The highest BCUT2D eigenvalue weighted by atomic mass is 32.2. The summed E-state index contributed by atoms with van der Waals surface area (Å²) in [6.07, 6.45) is -1.11. The van der Waals surface area contributed by atoms with Crippen molar-refractivity contribution in [2.24, 2.45) is 0 Å². The first-order valence-electron chi connectivity index (χ1n) is 7.66. The van der Waals surface area contributed by atoms with Gasteiger partial charge in [0.15, 0.2) is 0 Å². The molecule has 0 aliphatic carbocycles. The van der Waals surface area contributed by atoms with Crippen molar-refractivity contribution in [3.63, 3.8) is 0 Å². The van der Waals surface area contributed by atoms with Gasteiger partial charge in [0.25, 0.3) is 0 Å². The van der Waals surface area contributed by atoms with Gasteiger partial charge in [-0.25, -0.2) is 8.42 Å². The summed E-state index contributed by atoms with van der Waals surface area (Å²) in [5.41, 5.74) is -0.690. The molecule has 0 spiro atoms. The summed E-state index contributed by atoms with van der Waals surface area (Å²) in [5.74, 6) is -0.545. The lowest BCUT2D eigenvalue weighted by atomic mass is 9.81. The van der Waals surface area contributed by atoms with Crippen LogP contribution in [0.1, 0.15) is 18.9 Å². The predicted molar refractivity (Wildman–Crippen MR) is 90.4 cm³/mol. The predicted octanol–water partition coefficient (Wildman–Crippen LogP) is 3.38. The average molecular weight is 365 g/mol. The smallest absolute Gasteiger partial charge is 0.314 e. The molecule has 4 nitrogen and oxygen atoms in total. The molecule has 25 heavy (non-hydrogen) atoms. The van der Waals surface area contributed by atoms with Crippen molar-refractivity contribution >= 4 is 21.4 Å². The Labute approximate surface area is 145 Å². The Hall–Kier alpha value is -2.28. The van der Waals surface area contributed by atoms with Crippen LogP contribution in [-0.2, 0) is 20.0 Å². The van der Waals surface area contributed by atoms with Crippen molar-refractivity contribution in [2.75, 3.05) is 11.9 Å². The molecular weight excluding hydrogens is 348 g/mol. The minimum Gasteiger partial charge on any atom is -0.314 e. The van der Waals surface area contributed by atoms with E-state index in [1.807, 2.05) is 0 Å². The number of likely N-dealkylation sites (N-methyl/N-ethyl adjacent to an activating group) is 1. The molecule has 3 rings (SSSR count). The minimum absolute atomic E-state index is 0.408. The molecule has 0 saturated carbocycles. The van der Waals surface area contributed by atoms with Gasteiger partial charge in [-0.3, -0.25) is 4.79 Å². The molecule has 0 radical (unpaired) electrons. The van der Waals surface area contributed by atoms with Crippen molar-refractivity contribution in [1.82, 2.24) is 0 Å². The monoisotopic (exact) mass is 365 g/mol. The minimum atomic E-state index is -4.91. The molecule has 2 aromatic rings. The fourth-order valence-electron chi connectivity index (χ4n) is 3.28. The van der Waals surface area contributed by atoms with E-state index in [1.54, 1.807) is 30.3 Å². The highest BCUT2D eigenvalue weighted by Crippen LogP contribution is 2.48. The number of amides is 1. The molecule has 0 N–H and O–H groups in total. The lowest BCUT2D eigenvalue weighted by molar-refractivity contribution is -0.124. The summed E-state index contributed by atoms with van der Waals surface area (Å²) < 4.78 is 54.5. The maximum Gasteiger partial charge on any atom is 0.351 e. The first-order valence-corrected chi connectivity index (χ1v) is 9.15. The van der Waals surface area contributed by atoms with E-state index in [0.29, 0.717) is 11.3 Å². The van der Waals surface area contributed by atoms with Crippen LogP contribution in [0.2, 0.25) is 0 Å². The van der Waals surface area contributed by atoms with Crippen molar-refractivity contribution < 1.29 is 22.0 Å². The number of sulfone groups is 1. The Morgan fingerprint density at radius 3 is 2.24 bits per heavy atom. The van der Waals surface area contributed by atoms with Crippen LogP contribution in [0.3, 0.4) is 0 Å².